The van der Waals surface area contributed by atoms with Crippen LogP contribution in [-0.4, -0.2) is 12.5 Å². The summed E-state index contributed by atoms with van der Waals surface area (Å²) in [7, 11) is 0. The number of fused-ring (bicyclic) bond motifs is 1. The molecule has 2 aliphatic rings. The maximum Gasteiger partial charge on any atom is 0.244 e. The van der Waals surface area contributed by atoms with Gasteiger partial charge in [-0.25, -0.2) is 5.84 Å². The van der Waals surface area contributed by atoms with Crippen molar-refractivity contribution in [3.8, 4) is 5.75 Å². The van der Waals surface area contributed by atoms with E-state index in [9.17, 15) is 4.79 Å². The van der Waals surface area contributed by atoms with Crippen LogP contribution < -0.4 is 16.0 Å². The Labute approximate surface area is 113 Å². The predicted molar refractivity (Wildman–Crippen MR) is 72.7 cm³/mol. The first-order valence-electron chi connectivity index (χ1n) is 7.03. The average molecular weight is 260 g/mol. The molecule has 1 amide bonds. The minimum Gasteiger partial charge on any atom is -0.493 e. The maximum absolute atomic E-state index is 12.3. The number of hydrogen-bond donors (Lipinski definition) is 2. The number of benzene rings is 1. The van der Waals surface area contributed by atoms with Gasteiger partial charge in [-0.15, -0.1) is 0 Å². The first-order chi connectivity index (χ1) is 9.26. The Balaban J connectivity index is 2.02. The highest BCUT2D eigenvalue weighted by Crippen LogP contribution is 2.41. The molecule has 3 N–H and O–H groups in total. The van der Waals surface area contributed by atoms with Crippen molar-refractivity contribution in [3.05, 3.63) is 29.3 Å². The SMILES string of the molecule is NNC(=O)C1(c2ccc3c(c2)CCO3)CCCCC1. The number of carbonyl (C=O) groups excluding carboxylic acids is 1. The smallest absolute Gasteiger partial charge is 0.244 e. The van der Waals surface area contributed by atoms with Crippen molar-refractivity contribution in [2.45, 2.75) is 43.9 Å². The number of hydrazine groups is 1. The molecule has 102 valence electrons. The van der Waals surface area contributed by atoms with E-state index in [1.807, 2.05) is 12.1 Å². The van der Waals surface area contributed by atoms with E-state index >= 15 is 0 Å². The quantitative estimate of drug-likeness (QED) is 0.484. The van der Waals surface area contributed by atoms with Gasteiger partial charge in [-0.2, -0.15) is 0 Å². The van der Waals surface area contributed by atoms with Crippen LogP contribution in [0.2, 0.25) is 0 Å². The van der Waals surface area contributed by atoms with Gasteiger partial charge >= 0.3 is 0 Å². The predicted octanol–water partition coefficient (Wildman–Crippen LogP) is 1.81. The Bertz CT molecular complexity index is 493. The van der Waals surface area contributed by atoms with Crippen LogP contribution in [0.3, 0.4) is 0 Å². The van der Waals surface area contributed by atoms with Gasteiger partial charge in [0.25, 0.3) is 0 Å². The zero-order valence-electron chi connectivity index (χ0n) is 11.1. The Hall–Kier alpha value is -1.55. The van der Waals surface area contributed by atoms with Gasteiger partial charge in [0, 0.05) is 6.42 Å². The minimum absolute atomic E-state index is 0.0499. The average Bonchev–Trinajstić information content (AvgIpc) is 2.94. The number of rotatable bonds is 2. The molecule has 1 aromatic carbocycles. The molecule has 0 bridgehead atoms. The van der Waals surface area contributed by atoms with E-state index < -0.39 is 5.41 Å². The van der Waals surface area contributed by atoms with Gasteiger partial charge < -0.3 is 4.74 Å². The first kappa shape index (κ1) is 12.5. The fourth-order valence-corrected chi connectivity index (χ4v) is 3.42. The van der Waals surface area contributed by atoms with E-state index in [-0.39, 0.29) is 5.91 Å². The highest BCUT2D eigenvalue weighted by Gasteiger charge is 2.41. The molecular formula is C15H20N2O2. The molecule has 1 aromatic rings. The van der Waals surface area contributed by atoms with Crippen LogP contribution in [0.1, 0.15) is 43.2 Å². The summed E-state index contributed by atoms with van der Waals surface area (Å²) >= 11 is 0. The van der Waals surface area contributed by atoms with Crippen LogP contribution in [0.4, 0.5) is 0 Å². The third-order valence-corrected chi connectivity index (χ3v) is 4.51. The van der Waals surface area contributed by atoms with Gasteiger partial charge in [-0.3, -0.25) is 10.2 Å². The highest BCUT2D eigenvalue weighted by molar-refractivity contribution is 5.88. The maximum atomic E-state index is 12.3. The van der Waals surface area contributed by atoms with Crippen LogP contribution in [-0.2, 0) is 16.6 Å². The van der Waals surface area contributed by atoms with Crippen molar-refractivity contribution in [2.75, 3.05) is 6.61 Å². The zero-order chi connectivity index (χ0) is 13.3. The van der Waals surface area contributed by atoms with Gasteiger partial charge in [0.15, 0.2) is 0 Å². The number of carbonyl (C=O) groups is 1. The van der Waals surface area contributed by atoms with E-state index in [4.69, 9.17) is 10.6 Å². The molecule has 0 aromatic heterocycles. The van der Waals surface area contributed by atoms with E-state index in [0.717, 1.165) is 50.0 Å². The molecule has 19 heavy (non-hydrogen) atoms. The summed E-state index contributed by atoms with van der Waals surface area (Å²) in [5, 5.41) is 0. The largest absolute Gasteiger partial charge is 0.493 e. The van der Waals surface area contributed by atoms with Gasteiger partial charge in [0.05, 0.1) is 12.0 Å². The van der Waals surface area contributed by atoms with Crippen molar-refractivity contribution < 1.29 is 9.53 Å². The summed E-state index contributed by atoms with van der Waals surface area (Å²) in [5.74, 6) is 6.33. The second kappa shape index (κ2) is 4.85. The molecule has 1 heterocycles. The second-order valence-electron chi connectivity index (χ2n) is 5.54. The molecule has 4 heteroatoms. The lowest BCUT2D eigenvalue weighted by molar-refractivity contribution is -0.128. The van der Waals surface area contributed by atoms with E-state index in [1.54, 1.807) is 0 Å². The highest BCUT2D eigenvalue weighted by atomic mass is 16.5. The van der Waals surface area contributed by atoms with Crippen LogP contribution in [0.15, 0.2) is 18.2 Å². The zero-order valence-corrected chi connectivity index (χ0v) is 11.1. The van der Waals surface area contributed by atoms with Crippen molar-refractivity contribution >= 4 is 5.91 Å². The minimum atomic E-state index is -0.440. The third kappa shape index (κ3) is 2.00. The van der Waals surface area contributed by atoms with Crippen LogP contribution in [0, 0.1) is 0 Å². The molecule has 4 nitrogen and oxygen atoms in total. The van der Waals surface area contributed by atoms with Crippen molar-refractivity contribution in [1.82, 2.24) is 5.43 Å². The van der Waals surface area contributed by atoms with E-state index in [0.29, 0.717) is 0 Å². The monoisotopic (exact) mass is 260 g/mol. The summed E-state index contributed by atoms with van der Waals surface area (Å²) in [6.07, 6.45) is 6.07. The van der Waals surface area contributed by atoms with Crippen LogP contribution in [0.25, 0.3) is 0 Å². The van der Waals surface area contributed by atoms with Crippen molar-refractivity contribution in [2.24, 2.45) is 5.84 Å². The van der Waals surface area contributed by atoms with Crippen molar-refractivity contribution in [1.29, 1.82) is 0 Å². The van der Waals surface area contributed by atoms with E-state index in [2.05, 4.69) is 11.5 Å². The number of amides is 1. The summed E-state index contributed by atoms with van der Waals surface area (Å²) in [4.78, 5) is 12.3. The van der Waals surface area contributed by atoms with Gasteiger partial charge in [0.2, 0.25) is 5.91 Å². The van der Waals surface area contributed by atoms with E-state index in [1.165, 1.54) is 12.0 Å². The lowest BCUT2D eigenvalue weighted by Crippen LogP contribution is -2.48. The fraction of sp³-hybridized carbons (Fsp3) is 0.533. The molecular weight excluding hydrogens is 240 g/mol. The molecule has 1 fully saturated rings. The molecule has 0 spiro atoms. The first-order valence-corrected chi connectivity index (χ1v) is 7.03. The Morgan fingerprint density at radius 1 is 1.26 bits per heavy atom. The summed E-state index contributed by atoms with van der Waals surface area (Å²) in [6.45, 7) is 0.745. The van der Waals surface area contributed by atoms with Gasteiger partial charge in [-0.05, 0) is 30.0 Å². The summed E-state index contributed by atoms with van der Waals surface area (Å²) in [6, 6.07) is 6.17. The standard InChI is InChI=1S/C15H20N2O2/c16-17-14(18)15(7-2-1-3-8-15)12-4-5-13-11(10-12)6-9-19-13/h4-5,10H,1-3,6-9,16H2,(H,17,18). The molecule has 1 aliphatic heterocycles. The number of nitrogens with two attached hydrogens (primary N) is 1. The number of hydrogen-bond acceptors (Lipinski definition) is 3. The molecule has 3 rings (SSSR count). The van der Waals surface area contributed by atoms with Gasteiger partial charge in [0.1, 0.15) is 5.75 Å². The molecule has 0 unspecified atom stereocenters. The summed E-state index contributed by atoms with van der Waals surface area (Å²) < 4.78 is 5.54. The molecule has 1 aliphatic carbocycles. The van der Waals surface area contributed by atoms with Crippen LogP contribution >= 0.6 is 0 Å². The second-order valence-corrected chi connectivity index (χ2v) is 5.54. The molecule has 1 saturated carbocycles. The number of nitrogens with one attached hydrogen (secondary N) is 1. The fourth-order valence-electron chi connectivity index (χ4n) is 3.42. The van der Waals surface area contributed by atoms with Crippen LogP contribution in [0.5, 0.6) is 5.75 Å². The topological polar surface area (TPSA) is 64.3 Å². The molecule has 0 radical (unpaired) electrons. The summed E-state index contributed by atoms with van der Waals surface area (Å²) in [5.41, 5.74) is 4.24. The molecule has 0 atom stereocenters. The Morgan fingerprint density at radius 2 is 2.05 bits per heavy atom. The third-order valence-electron chi connectivity index (χ3n) is 4.51. The Kier molecular flexibility index (Phi) is 3.19. The normalized spacial score (nSPS) is 20.5. The van der Waals surface area contributed by atoms with Crippen molar-refractivity contribution in [3.63, 3.8) is 0 Å². The van der Waals surface area contributed by atoms with Gasteiger partial charge in [-0.1, -0.05) is 31.4 Å². The molecule has 0 saturated heterocycles. The lowest BCUT2D eigenvalue weighted by Gasteiger charge is -2.36. The lowest BCUT2D eigenvalue weighted by atomic mass is 9.68. The Morgan fingerprint density at radius 3 is 2.79 bits per heavy atom. The number of ether oxygens (including phenoxy) is 1.